The summed E-state index contributed by atoms with van der Waals surface area (Å²) in [5.74, 6) is 0.370. The third kappa shape index (κ3) is 4.64. The van der Waals surface area contributed by atoms with E-state index in [-0.39, 0.29) is 42.6 Å². The minimum absolute atomic E-state index is 0. The lowest BCUT2D eigenvalue weighted by atomic mass is 10.0. The number of benzene rings is 1. The van der Waals surface area contributed by atoms with Gasteiger partial charge in [-0.25, -0.2) is 0 Å². The molecular weight excluding hydrogens is 342 g/mol. The minimum atomic E-state index is -0.290. The summed E-state index contributed by atoms with van der Waals surface area (Å²) < 4.78 is 5.61. The molecule has 2 amide bonds. The first kappa shape index (κ1) is 19.5. The molecule has 0 spiro atoms. The van der Waals surface area contributed by atoms with Gasteiger partial charge in [-0.1, -0.05) is 12.1 Å². The molecular formula is C18H26ClN3O3. The Kier molecular flexibility index (Phi) is 7.08. The maximum atomic E-state index is 12.5. The first-order valence-corrected chi connectivity index (χ1v) is 8.72. The Balaban J connectivity index is 0.00000225. The lowest BCUT2D eigenvalue weighted by Gasteiger charge is -2.25. The van der Waals surface area contributed by atoms with Crippen LogP contribution in [0, 0.1) is 5.92 Å². The zero-order chi connectivity index (χ0) is 16.9. The predicted octanol–water partition coefficient (Wildman–Crippen LogP) is 1.73. The SMILES string of the molecule is CCOc1ccccc1N1CC(C(=O)NC2CCNCC2)CC1=O.Cl. The van der Waals surface area contributed by atoms with Crippen molar-refractivity contribution in [2.75, 3.05) is 31.1 Å². The Morgan fingerprint density at radius 2 is 2.04 bits per heavy atom. The summed E-state index contributed by atoms with van der Waals surface area (Å²) in [5, 5.41) is 6.39. The van der Waals surface area contributed by atoms with Crippen molar-refractivity contribution in [1.29, 1.82) is 0 Å². The van der Waals surface area contributed by atoms with Gasteiger partial charge in [0.25, 0.3) is 0 Å². The monoisotopic (exact) mass is 367 g/mol. The van der Waals surface area contributed by atoms with Gasteiger partial charge in [0.2, 0.25) is 11.8 Å². The van der Waals surface area contributed by atoms with E-state index >= 15 is 0 Å². The molecule has 1 aromatic carbocycles. The second kappa shape index (κ2) is 9.06. The van der Waals surface area contributed by atoms with Crippen molar-refractivity contribution in [2.45, 2.75) is 32.2 Å². The Morgan fingerprint density at radius 1 is 1.32 bits per heavy atom. The van der Waals surface area contributed by atoms with Crippen LogP contribution in [-0.4, -0.2) is 44.1 Å². The highest BCUT2D eigenvalue weighted by Crippen LogP contribution is 2.33. The topological polar surface area (TPSA) is 70.7 Å². The van der Waals surface area contributed by atoms with Crippen LogP contribution in [0.15, 0.2) is 24.3 Å². The standard InChI is InChI=1S/C18H25N3O3.ClH/c1-2-24-16-6-4-3-5-15(16)21-12-13(11-17(21)22)18(23)20-14-7-9-19-10-8-14;/h3-6,13-14,19H,2,7-12H2,1H3,(H,20,23);1H. The number of halogens is 1. The predicted molar refractivity (Wildman–Crippen MR) is 99.4 cm³/mol. The minimum Gasteiger partial charge on any atom is -0.492 e. The molecule has 2 aliphatic heterocycles. The van der Waals surface area contributed by atoms with Crippen LogP contribution in [0.5, 0.6) is 5.75 Å². The van der Waals surface area contributed by atoms with Gasteiger partial charge in [-0.2, -0.15) is 0 Å². The fourth-order valence-corrected chi connectivity index (χ4v) is 3.36. The molecule has 0 bridgehead atoms. The average Bonchev–Trinajstić information content (AvgIpc) is 2.98. The number of ether oxygens (including phenoxy) is 1. The fourth-order valence-electron chi connectivity index (χ4n) is 3.36. The highest BCUT2D eigenvalue weighted by molar-refractivity contribution is 6.01. The number of nitrogens with zero attached hydrogens (tertiary/aromatic N) is 1. The molecule has 6 nitrogen and oxygen atoms in total. The smallest absolute Gasteiger partial charge is 0.227 e. The normalized spacial score (nSPS) is 20.9. The number of carbonyl (C=O) groups excluding carboxylic acids is 2. The molecule has 0 aliphatic carbocycles. The van der Waals surface area contributed by atoms with Crippen molar-refractivity contribution in [3.05, 3.63) is 24.3 Å². The van der Waals surface area contributed by atoms with Gasteiger partial charge in [0.15, 0.2) is 0 Å². The van der Waals surface area contributed by atoms with E-state index in [1.807, 2.05) is 31.2 Å². The first-order chi connectivity index (χ1) is 11.7. The quantitative estimate of drug-likeness (QED) is 0.831. The average molecular weight is 368 g/mol. The summed E-state index contributed by atoms with van der Waals surface area (Å²) in [7, 11) is 0. The van der Waals surface area contributed by atoms with E-state index in [9.17, 15) is 9.59 Å². The largest absolute Gasteiger partial charge is 0.492 e. The van der Waals surface area contributed by atoms with Gasteiger partial charge in [0.1, 0.15) is 5.75 Å². The van der Waals surface area contributed by atoms with Gasteiger partial charge in [-0.15, -0.1) is 12.4 Å². The third-order valence-electron chi connectivity index (χ3n) is 4.64. The summed E-state index contributed by atoms with van der Waals surface area (Å²) >= 11 is 0. The molecule has 2 heterocycles. The molecule has 3 rings (SSSR count). The zero-order valence-electron chi connectivity index (χ0n) is 14.5. The lowest BCUT2D eigenvalue weighted by molar-refractivity contribution is -0.127. The van der Waals surface area contributed by atoms with Crippen LogP contribution < -0.4 is 20.3 Å². The number of para-hydroxylation sites is 2. The van der Waals surface area contributed by atoms with Gasteiger partial charge >= 0.3 is 0 Å². The van der Waals surface area contributed by atoms with Gasteiger partial charge in [-0.05, 0) is 45.0 Å². The van der Waals surface area contributed by atoms with Crippen molar-refractivity contribution in [3.8, 4) is 5.75 Å². The number of hydrogen-bond acceptors (Lipinski definition) is 4. The van der Waals surface area contributed by atoms with Crippen LogP contribution in [0.2, 0.25) is 0 Å². The summed E-state index contributed by atoms with van der Waals surface area (Å²) in [6.45, 7) is 4.74. The number of piperidine rings is 1. The molecule has 1 atom stereocenters. The fraction of sp³-hybridized carbons (Fsp3) is 0.556. The molecule has 0 aromatic heterocycles. The van der Waals surface area contributed by atoms with Crippen LogP contribution in [0.1, 0.15) is 26.2 Å². The summed E-state index contributed by atoms with van der Waals surface area (Å²) in [6, 6.07) is 7.72. The number of nitrogens with one attached hydrogen (secondary N) is 2. The summed E-state index contributed by atoms with van der Waals surface area (Å²) in [4.78, 5) is 26.6. The van der Waals surface area contributed by atoms with Crippen LogP contribution in [0.3, 0.4) is 0 Å². The zero-order valence-corrected chi connectivity index (χ0v) is 15.3. The molecule has 7 heteroatoms. The van der Waals surface area contributed by atoms with E-state index < -0.39 is 0 Å². The molecule has 0 radical (unpaired) electrons. The number of amides is 2. The molecule has 138 valence electrons. The number of hydrogen-bond donors (Lipinski definition) is 2. The van der Waals surface area contributed by atoms with Crippen LogP contribution in [0.4, 0.5) is 5.69 Å². The van der Waals surface area contributed by atoms with E-state index in [4.69, 9.17) is 4.74 Å². The maximum absolute atomic E-state index is 12.5. The first-order valence-electron chi connectivity index (χ1n) is 8.72. The van der Waals surface area contributed by atoms with Gasteiger partial charge in [0.05, 0.1) is 18.2 Å². The third-order valence-corrected chi connectivity index (χ3v) is 4.64. The van der Waals surface area contributed by atoms with E-state index in [0.29, 0.717) is 18.9 Å². The molecule has 1 aromatic rings. The Hall–Kier alpha value is -1.79. The summed E-state index contributed by atoms with van der Waals surface area (Å²) in [5.41, 5.74) is 0.751. The Morgan fingerprint density at radius 3 is 2.76 bits per heavy atom. The van der Waals surface area contributed by atoms with Crippen molar-refractivity contribution < 1.29 is 14.3 Å². The van der Waals surface area contributed by atoms with Crippen LogP contribution in [-0.2, 0) is 9.59 Å². The molecule has 25 heavy (non-hydrogen) atoms. The van der Waals surface area contributed by atoms with Gasteiger partial charge in [-0.3, -0.25) is 9.59 Å². The van der Waals surface area contributed by atoms with Crippen molar-refractivity contribution in [2.24, 2.45) is 5.92 Å². The molecule has 2 aliphatic rings. The van der Waals surface area contributed by atoms with Gasteiger partial charge in [0, 0.05) is 19.0 Å². The molecule has 2 saturated heterocycles. The van der Waals surface area contributed by atoms with Crippen molar-refractivity contribution >= 4 is 29.9 Å². The van der Waals surface area contributed by atoms with E-state index in [2.05, 4.69) is 10.6 Å². The number of anilines is 1. The molecule has 0 saturated carbocycles. The van der Waals surface area contributed by atoms with Crippen LogP contribution in [0.25, 0.3) is 0 Å². The maximum Gasteiger partial charge on any atom is 0.227 e. The molecule has 1 unspecified atom stereocenters. The Labute approximate surface area is 154 Å². The van der Waals surface area contributed by atoms with E-state index in [1.54, 1.807) is 4.90 Å². The second-order valence-electron chi connectivity index (χ2n) is 6.34. The highest BCUT2D eigenvalue weighted by Gasteiger charge is 2.36. The highest BCUT2D eigenvalue weighted by atomic mass is 35.5. The Bertz CT molecular complexity index is 605. The molecule has 2 N–H and O–H groups in total. The van der Waals surface area contributed by atoms with E-state index in [0.717, 1.165) is 31.6 Å². The number of carbonyl (C=O) groups is 2. The van der Waals surface area contributed by atoms with Crippen molar-refractivity contribution in [1.82, 2.24) is 10.6 Å². The lowest BCUT2D eigenvalue weighted by Crippen LogP contribution is -2.45. The van der Waals surface area contributed by atoms with Crippen LogP contribution >= 0.6 is 12.4 Å². The molecule has 2 fully saturated rings. The van der Waals surface area contributed by atoms with Crippen molar-refractivity contribution in [3.63, 3.8) is 0 Å². The van der Waals surface area contributed by atoms with Gasteiger partial charge < -0.3 is 20.3 Å². The number of rotatable bonds is 5. The summed E-state index contributed by atoms with van der Waals surface area (Å²) in [6.07, 6.45) is 2.16. The second-order valence-corrected chi connectivity index (χ2v) is 6.34. The van der Waals surface area contributed by atoms with E-state index in [1.165, 1.54) is 0 Å².